The minimum atomic E-state index is -0.0665. The van der Waals surface area contributed by atoms with Crippen molar-refractivity contribution >= 4 is 22.6 Å². The van der Waals surface area contributed by atoms with E-state index in [4.69, 9.17) is 4.74 Å². The second-order valence-corrected chi connectivity index (χ2v) is 6.45. The van der Waals surface area contributed by atoms with Gasteiger partial charge in [-0.1, -0.05) is 6.07 Å². The lowest BCUT2D eigenvalue weighted by Gasteiger charge is -2.33. The van der Waals surface area contributed by atoms with Crippen molar-refractivity contribution in [2.75, 3.05) is 18.5 Å². The molecule has 1 fully saturated rings. The third-order valence-electron chi connectivity index (χ3n) is 4.76. The maximum atomic E-state index is 12.9. The topological polar surface area (TPSA) is 81.1 Å². The van der Waals surface area contributed by atoms with Crippen LogP contribution in [0.1, 0.15) is 16.8 Å². The summed E-state index contributed by atoms with van der Waals surface area (Å²) in [6, 6.07) is 9.49. The molecule has 0 spiro atoms. The Hall–Kier alpha value is -2.93. The van der Waals surface area contributed by atoms with Crippen molar-refractivity contribution in [3.8, 4) is 0 Å². The van der Waals surface area contributed by atoms with E-state index in [1.54, 1.807) is 12.3 Å². The fraction of sp³-hybridized carbons (Fsp3) is 0.316. The van der Waals surface area contributed by atoms with E-state index >= 15 is 0 Å². The van der Waals surface area contributed by atoms with Gasteiger partial charge in [-0.2, -0.15) is 0 Å². The molecule has 0 unspecified atom stereocenters. The number of rotatable bonds is 4. The molecule has 0 aliphatic carbocycles. The minimum absolute atomic E-state index is 0.0369. The zero-order chi connectivity index (χ0) is 17.9. The van der Waals surface area contributed by atoms with E-state index in [1.807, 2.05) is 42.1 Å². The van der Waals surface area contributed by atoms with Gasteiger partial charge in [0.05, 0.1) is 18.7 Å². The van der Waals surface area contributed by atoms with Gasteiger partial charge in [-0.05, 0) is 30.7 Å². The van der Waals surface area contributed by atoms with E-state index < -0.39 is 0 Å². The number of fused-ring (bicyclic) bond motifs is 1. The van der Waals surface area contributed by atoms with Crippen LogP contribution < -0.4 is 10.6 Å². The van der Waals surface area contributed by atoms with E-state index in [2.05, 4.69) is 20.6 Å². The van der Waals surface area contributed by atoms with Crippen LogP contribution in [0.15, 0.2) is 49.1 Å². The molecule has 2 N–H and O–H groups in total. The summed E-state index contributed by atoms with van der Waals surface area (Å²) in [6.45, 7) is 1.15. The zero-order valence-corrected chi connectivity index (χ0v) is 14.6. The third-order valence-corrected chi connectivity index (χ3v) is 4.76. The predicted octanol–water partition coefficient (Wildman–Crippen LogP) is 1.97. The fourth-order valence-corrected chi connectivity index (χ4v) is 3.37. The van der Waals surface area contributed by atoms with Gasteiger partial charge < -0.3 is 19.9 Å². The zero-order valence-electron chi connectivity index (χ0n) is 14.6. The number of ether oxygens (including phenoxy) is 1. The average Bonchev–Trinajstić information content (AvgIpc) is 3.05. The second kappa shape index (κ2) is 7.13. The quantitative estimate of drug-likeness (QED) is 0.751. The van der Waals surface area contributed by atoms with E-state index in [9.17, 15) is 4.79 Å². The van der Waals surface area contributed by atoms with E-state index in [0.29, 0.717) is 18.8 Å². The summed E-state index contributed by atoms with van der Waals surface area (Å²) >= 11 is 0. The van der Waals surface area contributed by atoms with Gasteiger partial charge in [0.15, 0.2) is 0 Å². The molecule has 4 rings (SSSR count). The molecule has 1 saturated heterocycles. The van der Waals surface area contributed by atoms with Crippen LogP contribution in [0.5, 0.6) is 0 Å². The Morgan fingerprint density at radius 3 is 3.04 bits per heavy atom. The highest BCUT2D eigenvalue weighted by molar-refractivity contribution is 6.06. The standard InChI is InChI=1S/C19H21N5O2/c1-24-9-6-13-14(3-2-4-17(13)24)19(25)23-15-7-10-26-11-16(15)22-18-5-8-20-12-21-18/h2-6,8-9,12,15-16H,7,10-11H2,1H3,(H,23,25)(H,20,21,22)/t15-,16+/m0/s1. The summed E-state index contributed by atoms with van der Waals surface area (Å²) in [7, 11) is 1.98. The summed E-state index contributed by atoms with van der Waals surface area (Å²) < 4.78 is 7.60. The average molecular weight is 351 g/mol. The number of anilines is 1. The van der Waals surface area contributed by atoms with Crippen molar-refractivity contribution in [1.29, 1.82) is 0 Å². The van der Waals surface area contributed by atoms with Crippen LogP contribution in [0.2, 0.25) is 0 Å². The van der Waals surface area contributed by atoms with Gasteiger partial charge in [0.25, 0.3) is 5.91 Å². The maximum Gasteiger partial charge on any atom is 0.252 e. The van der Waals surface area contributed by atoms with Gasteiger partial charge in [-0.3, -0.25) is 4.79 Å². The number of carbonyl (C=O) groups excluding carboxylic acids is 1. The Morgan fingerprint density at radius 1 is 1.27 bits per heavy atom. The van der Waals surface area contributed by atoms with Gasteiger partial charge in [-0.25, -0.2) is 9.97 Å². The van der Waals surface area contributed by atoms with Gasteiger partial charge in [0.2, 0.25) is 0 Å². The van der Waals surface area contributed by atoms with Crippen LogP contribution in [-0.2, 0) is 11.8 Å². The fourth-order valence-electron chi connectivity index (χ4n) is 3.37. The number of carbonyl (C=O) groups is 1. The smallest absolute Gasteiger partial charge is 0.252 e. The molecule has 1 aromatic carbocycles. The lowest BCUT2D eigenvalue weighted by Crippen LogP contribution is -2.52. The number of hydrogen-bond donors (Lipinski definition) is 2. The van der Waals surface area contributed by atoms with Crippen LogP contribution in [0, 0.1) is 0 Å². The van der Waals surface area contributed by atoms with Crippen molar-refractivity contribution in [2.24, 2.45) is 7.05 Å². The van der Waals surface area contributed by atoms with Gasteiger partial charge >= 0.3 is 0 Å². The Balaban J connectivity index is 1.53. The molecule has 3 heterocycles. The Morgan fingerprint density at radius 2 is 2.19 bits per heavy atom. The summed E-state index contributed by atoms with van der Waals surface area (Å²) in [5.74, 6) is 0.656. The molecule has 134 valence electrons. The summed E-state index contributed by atoms with van der Waals surface area (Å²) in [6.07, 6.45) is 5.90. The SMILES string of the molecule is Cn1ccc2c(C(=O)N[C@H]3CCOC[C@H]3Nc3ccncn3)cccc21. The molecule has 1 aliphatic rings. The highest BCUT2D eigenvalue weighted by atomic mass is 16.5. The molecule has 7 heteroatoms. The van der Waals surface area contributed by atoms with Gasteiger partial charge in [0, 0.05) is 42.5 Å². The number of amides is 1. The first-order chi connectivity index (χ1) is 12.7. The molecule has 2 atom stereocenters. The maximum absolute atomic E-state index is 12.9. The molecule has 1 amide bonds. The number of benzene rings is 1. The van der Waals surface area contributed by atoms with Crippen molar-refractivity contribution < 1.29 is 9.53 Å². The van der Waals surface area contributed by atoms with Crippen LogP contribution in [0.4, 0.5) is 5.82 Å². The summed E-state index contributed by atoms with van der Waals surface area (Å²) in [5.41, 5.74) is 1.73. The third kappa shape index (κ3) is 3.25. The van der Waals surface area contributed by atoms with Gasteiger partial charge in [-0.15, -0.1) is 0 Å². The molecule has 0 radical (unpaired) electrons. The lowest BCUT2D eigenvalue weighted by molar-refractivity contribution is 0.0620. The molecule has 7 nitrogen and oxygen atoms in total. The highest BCUT2D eigenvalue weighted by Crippen LogP contribution is 2.20. The minimum Gasteiger partial charge on any atom is -0.379 e. The normalized spacial score (nSPS) is 20.0. The van der Waals surface area contributed by atoms with Crippen LogP contribution >= 0.6 is 0 Å². The van der Waals surface area contributed by atoms with Crippen LogP contribution in [0.25, 0.3) is 10.9 Å². The van der Waals surface area contributed by atoms with Crippen LogP contribution in [0.3, 0.4) is 0 Å². The van der Waals surface area contributed by atoms with Crippen molar-refractivity contribution in [2.45, 2.75) is 18.5 Å². The Bertz CT molecular complexity index is 909. The lowest BCUT2D eigenvalue weighted by atomic mass is 10.0. The number of aryl methyl sites for hydroxylation is 1. The predicted molar refractivity (Wildman–Crippen MR) is 99.1 cm³/mol. The number of aromatic nitrogens is 3. The molecule has 0 bridgehead atoms. The summed E-state index contributed by atoms with van der Waals surface area (Å²) in [5, 5.41) is 7.47. The highest BCUT2D eigenvalue weighted by Gasteiger charge is 2.28. The Kier molecular flexibility index (Phi) is 4.53. The monoisotopic (exact) mass is 351 g/mol. The van der Waals surface area contributed by atoms with Gasteiger partial charge in [0.1, 0.15) is 12.1 Å². The first-order valence-electron chi connectivity index (χ1n) is 8.67. The van der Waals surface area contributed by atoms with Crippen molar-refractivity contribution in [1.82, 2.24) is 19.9 Å². The van der Waals surface area contributed by atoms with E-state index in [1.165, 1.54) is 6.33 Å². The second-order valence-electron chi connectivity index (χ2n) is 6.45. The van der Waals surface area contributed by atoms with Crippen molar-refractivity contribution in [3.63, 3.8) is 0 Å². The largest absolute Gasteiger partial charge is 0.379 e. The van der Waals surface area contributed by atoms with Crippen LogP contribution in [-0.4, -0.2) is 45.7 Å². The number of hydrogen-bond acceptors (Lipinski definition) is 5. The number of nitrogens with zero attached hydrogens (tertiary/aromatic N) is 3. The number of nitrogens with one attached hydrogen (secondary N) is 2. The molecule has 3 aromatic rings. The first-order valence-corrected chi connectivity index (χ1v) is 8.67. The molecular weight excluding hydrogens is 330 g/mol. The van der Waals surface area contributed by atoms with E-state index in [-0.39, 0.29) is 18.0 Å². The molecule has 0 saturated carbocycles. The molecular formula is C19H21N5O2. The summed E-state index contributed by atoms with van der Waals surface area (Å²) in [4.78, 5) is 21.0. The molecule has 1 aliphatic heterocycles. The Labute approximate surface area is 151 Å². The van der Waals surface area contributed by atoms with E-state index in [0.717, 1.165) is 23.1 Å². The first kappa shape index (κ1) is 16.5. The van der Waals surface area contributed by atoms with Crippen molar-refractivity contribution in [3.05, 3.63) is 54.6 Å². The molecule has 26 heavy (non-hydrogen) atoms. The molecule has 2 aromatic heterocycles.